The van der Waals surface area contributed by atoms with Crippen LogP contribution in [0.5, 0.6) is 0 Å². The van der Waals surface area contributed by atoms with Crippen LogP contribution in [-0.4, -0.2) is 34.6 Å². The molecule has 32 heavy (non-hydrogen) atoms. The average molecular weight is 668 g/mol. The van der Waals surface area contributed by atoms with Crippen molar-refractivity contribution in [3.63, 3.8) is 0 Å². The number of amides is 1. The molecule has 0 atom stereocenters. The molecule has 4 nitrogen and oxygen atoms in total. The first-order valence-electron chi connectivity index (χ1n) is 10.1. The van der Waals surface area contributed by atoms with Crippen molar-refractivity contribution >= 4 is 46.0 Å². The van der Waals surface area contributed by atoms with Crippen LogP contribution in [-0.2, 0) is 6.18 Å². The Balaban J connectivity index is 1.67. The Morgan fingerprint density at radius 1 is 1.09 bits per heavy atom. The Morgan fingerprint density at radius 3 is 2.47 bits per heavy atom. The van der Waals surface area contributed by atoms with Gasteiger partial charge in [0.25, 0.3) is 0 Å². The number of allylic oxidation sites excluding steroid dienone is 1. The molecule has 170 valence electrons. The quantitative estimate of drug-likeness (QED) is 0.231. The second kappa shape index (κ2) is 9.41. The summed E-state index contributed by atoms with van der Waals surface area (Å²) in [7, 11) is 0. The number of nitrogens with zero attached hydrogens (tertiary/aromatic N) is 1. The van der Waals surface area contributed by atoms with E-state index in [-0.39, 0.29) is 11.7 Å². The molecule has 2 aliphatic rings. The number of ketones is 1. The third kappa shape index (κ3) is 4.60. The molecule has 9 heteroatoms. The van der Waals surface area contributed by atoms with Crippen molar-refractivity contribution in [2.45, 2.75) is 25.4 Å². The Labute approximate surface area is 208 Å². The van der Waals surface area contributed by atoms with Gasteiger partial charge in [0.2, 0.25) is 0 Å². The van der Waals surface area contributed by atoms with Gasteiger partial charge in [0.05, 0.1) is 0 Å². The van der Waals surface area contributed by atoms with Gasteiger partial charge in [-0.1, -0.05) is 0 Å². The molecule has 2 N–H and O–H groups in total. The number of Topliss-reactive ketones (excluding diaryl/α,β-unsaturated/α-hetero) is 1. The fourth-order valence-corrected chi connectivity index (χ4v) is 7.07. The van der Waals surface area contributed by atoms with E-state index in [0.29, 0.717) is 31.6 Å². The first kappa shape index (κ1) is 23.7. The van der Waals surface area contributed by atoms with E-state index in [1.165, 1.54) is 11.4 Å². The van der Waals surface area contributed by atoms with Crippen LogP contribution in [0.15, 0.2) is 36.0 Å². The van der Waals surface area contributed by atoms with E-state index in [1.807, 2.05) is 22.0 Å². The zero-order valence-electron chi connectivity index (χ0n) is 17.2. The van der Waals surface area contributed by atoms with Crippen molar-refractivity contribution in [3.8, 4) is 0 Å². The van der Waals surface area contributed by atoms with E-state index in [9.17, 15) is 22.8 Å². The van der Waals surface area contributed by atoms with Gasteiger partial charge < -0.3 is 0 Å². The SMILES string of the molecule is C[I-]c1ccc(C(=O)N2CCCCC2)c(I)c1C(=O)C1=Cc2ccc(C(F)(F)F)cc2[NH2+]1. The molecule has 1 saturated heterocycles. The topological polar surface area (TPSA) is 54.0 Å². The molecule has 0 bridgehead atoms. The van der Waals surface area contributed by atoms with Gasteiger partial charge in [0, 0.05) is 0 Å². The number of halogens is 5. The van der Waals surface area contributed by atoms with E-state index in [4.69, 9.17) is 0 Å². The van der Waals surface area contributed by atoms with Gasteiger partial charge in [-0.25, -0.2) is 0 Å². The predicted molar refractivity (Wildman–Crippen MR) is 119 cm³/mol. The molecule has 2 aliphatic heterocycles. The fraction of sp³-hybridized carbons (Fsp3) is 0.304. The van der Waals surface area contributed by atoms with Gasteiger partial charge in [-0.2, -0.15) is 0 Å². The monoisotopic (exact) mass is 668 g/mol. The molecule has 0 saturated carbocycles. The molecule has 0 radical (unpaired) electrons. The van der Waals surface area contributed by atoms with Gasteiger partial charge >= 0.3 is 209 Å². The van der Waals surface area contributed by atoms with Crippen LogP contribution < -0.4 is 26.5 Å². The predicted octanol–water partition coefficient (Wildman–Crippen LogP) is 1.26. The first-order chi connectivity index (χ1) is 15.2. The maximum absolute atomic E-state index is 13.5. The van der Waals surface area contributed by atoms with Gasteiger partial charge in [-0.3, -0.25) is 0 Å². The van der Waals surface area contributed by atoms with Crippen LogP contribution in [0.4, 0.5) is 18.9 Å². The van der Waals surface area contributed by atoms with E-state index in [2.05, 4.69) is 22.6 Å². The normalized spacial score (nSPS) is 16.2. The molecule has 0 aliphatic carbocycles. The number of fused-ring (bicyclic) bond motifs is 1. The van der Waals surface area contributed by atoms with Crippen molar-refractivity contribution in [2.24, 2.45) is 0 Å². The molecule has 4 rings (SSSR count). The first-order valence-corrected chi connectivity index (χ1v) is 14.5. The fourth-order valence-electron chi connectivity index (χ4n) is 4.01. The molecule has 0 spiro atoms. The Bertz CT molecular complexity index is 1120. The van der Waals surface area contributed by atoms with E-state index in [0.717, 1.165) is 48.1 Å². The molecule has 0 unspecified atom stereocenters. The van der Waals surface area contributed by atoms with Crippen LogP contribution in [0, 0.1) is 7.14 Å². The summed E-state index contributed by atoms with van der Waals surface area (Å²) in [5, 5.41) is 1.51. The number of benzene rings is 2. The Kier molecular flexibility index (Phi) is 6.97. The average Bonchev–Trinajstić information content (AvgIpc) is 3.21. The summed E-state index contributed by atoms with van der Waals surface area (Å²) in [6.45, 7) is 1.44. The van der Waals surface area contributed by atoms with Crippen molar-refractivity contribution in [1.82, 2.24) is 4.90 Å². The third-order valence-corrected chi connectivity index (χ3v) is 8.88. The molecule has 0 aromatic heterocycles. The van der Waals surface area contributed by atoms with Crippen LogP contribution in [0.3, 0.4) is 0 Å². The van der Waals surface area contributed by atoms with E-state index >= 15 is 0 Å². The Morgan fingerprint density at radius 2 is 1.81 bits per heavy atom. The summed E-state index contributed by atoms with van der Waals surface area (Å²) < 4.78 is 40.8. The second-order valence-electron chi connectivity index (χ2n) is 7.74. The molecular formula is C23H21F3I2N2O2. The standard InChI is InChI=1S/C23H20F3I2N2O2/c1-28-16-8-7-15(22(32)30-9-3-2-4-10-30)20(27)19(16)21(31)18-11-13-5-6-14(23(24,25)26)12-17(13)29-18/h5-8,11-12,29H,2-4,9-10H2,1H3/q-1/p+1. The second-order valence-corrected chi connectivity index (χ2v) is 11.1. The number of carbonyl (C=O) groups is 2. The number of quaternary nitrogens is 1. The molecular weight excluding hydrogens is 647 g/mol. The van der Waals surface area contributed by atoms with Crippen LogP contribution in [0.1, 0.15) is 51.1 Å². The van der Waals surface area contributed by atoms with Crippen molar-refractivity contribution in [2.75, 3.05) is 18.0 Å². The summed E-state index contributed by atoms with van der Waals surface area (Å²) in [5.74, 6) is -0.310. The summed E-state index contributed by atoms with van der Waals surface area (Å²) in [5.41, 5.74) is 1.61. The van der Waals surface area contributed by atoms with Gasteiger partial charge in [-0.05, 0) is 0 Å². The van der Waals surface area contributed by atoms with Crippen LogP contribution >= 0.6 is 22.6 Å². The summed E-state index contributed by atoms with van der Waals surface area (Å²) in [4.78, 5) is 30.5. The van der Waals surface area contributed by atoms with E-state index in [1.54, 1.807) is 6.08 Å². The van der Waals surface area contributed by atoms with Gasteiger partial charge in [0.1, 0.15) is 0 Å². The molecule has 1 amide bonds. The summed E-state index contributed by atoms with van der Waals surface area (Å²) in [6, 6.07) is 7.17. The van der Waals surface area contributed by atoms with Crippen LogP contribution in [0.2, 0.25) is 0 Å². The number of hydrogen-bond acceptors (Lipinski definition) is 2. The molecule has 2 aromatic rings. The van der Waals surface area contributed by atoms with E-state index < -0.39 is 32.9 Å². The van der Waals surface area contributed by atoms with Crippen molar-refractivity contribution in [3.05, 3.63) is 65.4 Å². The number of nitrogens with two attached hydrogens (primary N) is 1. The Hall–Kier alpha value is -1.47. The minimum absolute atomic E-state index is 0.0634. The molecule has 2 heterocycles. The maximum atomic E-state index is 13.5. The third-order valence-electron chi connectivity index (χ3n) is 5.69. The molecule has 2 aromatic carbocycles. The zero-order valence-corrected chi connectivity index (χ0v) is 21.5. The minimum atomic E-state index is -4.44. The van der Waals surface area contributed by atoms with Crippen molar-refractivity contribution in [1.29, 1.82) is 0 Å². The van der Waals surface area contributed by atoms with Crippen molar-refractivity contribution < 1.29 is 49.3 Å². The number of rotatable bonds is 4. The van der Waals surface area contributed by atoms with Gasteiger partial charge in [0.15, 0.2) is 0 Å². The number of alkyl halides is 4. The number of hydrogen-bond donors (Lipinski definition) is 1. The number of piperidine rings is 1. The number of likely N-dealkylation sites (tertiary alicyclic amines) is 1. The van der Waals surface area contributed by atoms with Gasteiger partial charge in [-0.15, -0.1) is 0 Å². The summed E-state index contributed by atoms with van der Waals surface area (Å²) >= 11 is 1.63. The van der Waals surface area contributed by atoms with Crippen LogP contribution in [0.25, 0.3) is 6.08 Å². The number of carbonyl (C=O) groups excluding carboxylic acids is 2. The summed E-state index contributed by atoms with van der Waals surface area (Å²) in [6.07, 6.45) is 0.266. The molecule has 1 fully saturated rings. The zero-order chi connectivity index (χ0) is 23.0.